The van der Waals surface area contributed by atoms with Gasteiger partial charge in [0.05, 0.1) is 6.20 Å². The summed E-state index contributed by atoms with van der Waals surface area (Å²) in [6.45, 7) is 2.69. The lowest BCUT2D eigenvalue weighted by atomic mass is 10.2. The highest BCUT2D eigenvalue weighted by Crippen LogP contribution is 1.99. The molecule has 2 heterocycles. The van der Waals surface area contributed by atoms with E-state index in [2.05, 4.69) is 43.9 Å². The SMILES string of the molecule is CN=C(NCCCc1cnn(C)c1)NCCn1cccc1. The molecule has 0 radical (unpaired) electrons. The lowest BCUT2D eigenvalue weighted by molar-refractivity contribution is 0.661. The number of hydrogen-bond donors (Lipinski definition) is 2. The van der Waals surface area contributed by atoms with Gasteiger partial charge >= 0.3 is 0 Å². The summed E-state index contributed by atoms with van der Waals surface area (Å²) in [5.74, 6) is 0.855. The Morgan fingerprint density at radius 1 is 1.24 bits per heavy atom. The molecule has 0 aliphatic carbocycles. The monoisotopic (exact) mass is 288 g/mol. The highest BCUT2D eigenvalue weighted by Gasteiger charge is 1.99. The van der Waals surface area contributed by atoms with Crippen LogP contribution in [-0.2, 0) is 20.0 Å². The van der Waals surface area contributed by atoms with Gasteiger partial charge in [-0.05, 0) is 30.5 Å². The molecule has 0 saturated carbocycles. The summed E-state index contributed by atoms with van der Waals surface area (Å²) in [6, 6.07) is 4.07. The van der Waals surface area contributed by atoms with Crippen LogP contribution in [0.25, 0.3) is 0 Å². The quantitative estimate of drug-likeness (QED) is 0.454. The molecule has 0 unspecified atom stereocenters. The molecule has 2 rings (SSSR count). The molecule has 114 valence electrons. The lowest BCUT2D eigenvalue weighted by Crippen LogP contribution is -2.39. The van der Waals surface area contributed by atoms with Gasteiger partial charge in [-0.15, -0.1) is 0 Å². The van der Waals surface area contributed by atoms with Gasteiger partial charge in [0, 0.05) is 52.3 Å². The third-order valence-corrected chi connectivity index (χ3v) is 3.25. The second kappa shape index (κ2) is 8.14. The highest BCUT2D eigenvalue weighted by molar-refractivity contribution is 5.79. The van der Waals surface area contributed by atoms with Gasteiger partial charge in [0.2, 0.25) is 0 Å². The van der Waals surface area contributed by atoms with E-state index in [0.717, 1.165) is 38.4 Å². The van der Waals surface area contributed by atoms with E-state index < -0.39 is 0 Å². The number of aryl methyl sites for hydroxylation is 2. The van der Waals surface area contributed by atoms with Crippen LogP contribution in [0.4, 0.5) is 0 Å². The van der Waals surface area contributed by atoms with Crippen molar-refractivity contribution in [1.29, 1.82) is 0 Å². The van der Waals surface area contributed by atoms with Gasteiger partial charge in [0.25, 0.3) is 0 Å². The van der Waals surface area contributed by atoms with Gasteiger partial charge in [-0.1, -0.05) is 0 Å². The van der Waals surface area contributed by atoms with E-state index in [1.807, 2.05) is 30.1 Å². The van der Waals surface area contributed by atoms with Crippen LogP contribution in [0.2, 0.25) is 0 Å². The van der Waals surface area contributed by atoms with Crippen molar-refractivity contribution < 1.29 is 0 Å². The summed E-state index contributed by atoms with van der Waals surface area (Å²) in [6.07, 6.45) is 10.2. The van der Waals surface area contributed by atoms with E-state index in [4.69, 9.17) is 0 Å². The third-order valence-electron chi connectivity index (χ3n) is 3.25. The molecule has 0 atom stereocenters. The molecule has 0 saturated heterocycles. The van der Waals surface area contributed by atoms with Crippen molar-refractivity contribution in [3.8, 4) is 0 Å². The molecule has 6 heteroatoms. The fourth-order valence-electron chi connectivity index (χ4n) is 2.14. The van der Waals surface area contributed by atoms with Gasteiger partial charge in [-0.2, -0.15) is 5.10 Å². The normalized spacial score (nSPS) is 11.6. The molecule has 0 bridgehead atoms. The van der Waals surface area contributed by atoms with E-state index in [0.29, 0.717) is 0 Å². The van der Waals surface area contributed by atoms with Gasteiger partial charge in [-0.25, -0.2) is 0 Å². The van der Waals surface area contributed by atoms with Crippen LogP contribution < -0.4 is 10.6 Å². The second-order valence-corrected chi connectivity index (χ2v) is 4.97. The maximum Gasteiger partial charge on any atom is 0.191 e. The maximum absolute atomic E-state index is 4.22. The topological polar surface area (TPSA) is 59.2 Å². The van der Waals surface area contributed by atoms with Crippen LogP contribution in [0.5, 0.6) is 0 Å². The number of aliphatic imine (C=N–C) groups is 1. The minimum absolute atomic E-state index is 0.855. The molecule has 0 aliphatic rings. The number of aromatic nitrogens is 3. The fraction of sp³-hybridized carbons (Fsp3) is 0.467. The molecule has 0 aromatic carbocycles. The Balaban J connectivity index is 1.59. The molecule has 2 N–H and O–H groups in total. The predicted molar refractivity (Wildman–Crippen MR) is 85.3 cm³/mol. The Kier molecular flexibility index (Phi) is 5.87. The van der Waals surface area contributed by atoms with E-state index in [1.54, 1.807) is 7.05 Å². The molecular weight excluding hydrogens is 264 g/mol. The average Bonchev–Trinajstić information content (AvgIpc) is 3.13. The van der Waals surface area contributed by atoms with Crippen molar-refractivity contribution in [2.24, 2.45) is 12.0 Å². The number of nitrogens with zero attached hydrogens (tertiary/aromatic N) is 4. The second-order valence-electron chi connectivity index (χ2n) is 4.97. The maximum atomic E-state index is 4.22. The van der Waals surface area contributed by atoms with Crippen molar-refractivity contribution in [2.75, 3.05) is 20.1 Å². The molecule has 0 aliphatic heterocycles. The summed E-state index contributed by atoms with van der Waals surface area (Å²) < 4.78 is 3.98. The summed E-state index contributed by atoms with van der Waals surface area (Å²) in [5.41, 5.74) is 1.27. The first-order valence-electron chi connectivity index (χ1n) is 7.31. The zero-order valence-corrected chi connectivity index (χ0v) is 12.8. The first-order chi connectivity index (χ1) is 10.3. The van der Waals surface area contributed by atoms with Crippen molar-refractivity contribution in [2.45, 2.75) is 19.4 Å². The summed E-state index contributed by atoms with van der Waals surface area (Å²) in [7, 11) is 3.74. The Hall–Kier alpha value is -2.24. The van der Waals surface area contributed by atoms with Crippen LogP contribution in [0.15, 0.2) is 41.9 Å². The van der Waals surface area contributed by atoms with Gasteiger partial charge in [-0.3, -0.25) is 9.67 Å². The molecule has 2 aromatic rings. The molecule has 0 amide bonds. The number of guanidine groups is 1. The Morgan fingerprint density at radius 2 is 2.00 bits per heavy atom. The average molecular weight is 288 g/mol. The Bertz CT molecular complexity index is 540. The van der Waals surface area contributed by atoms with Gasteiger partial charge < -0.3 is 15.2 Å². The van der Waals surface area contributed by atoms with Crippen LogP contribution in [0.3, 0.4) is 0 Å². The number of rotatable bonds is 7. The van der Waals surface area contributed by atoms with Crippen molar-refractivity contribution in [3.05, 3.63) is 42.5 Å². The molecular formula is C15H24N6. The molecule has 21 heavy (non-hydrogen) atoms. The molecule has 0 fully saturated rings. The van der Waals surface area contributed by atoms with Crippen LogP contribution in [0.1, 0.15) is 12.0 Å². The minimum Gasteiger partial charge on any atom is -0.356 e. The third kappa shape index (κ3) is 5.33. The van der Waals surface area contributed by atoms with Crippen LogP contribution in [0, 0.1) is 0 Å². The lowest BCUT2D eigenvalue weighted by Gasteiger charge is -2.12. The largest absolute Gasteiger partial charge is 0.356 e. The zero-order valence-electron chi connectivity index (χ0n) is 12.8. The zero-order chi connectivity index (χ0) is 14.9. The van der Waals surface area contributed by atoms with Crippen molar-refractivity contribution in [3.63, 3.8) is 0 Å². The summed E-state index contributed by atoms with van der Waals surface area (Å²) in [4.78, 5) is 4.22. The Labute approximate surface area is 125 Å². The Morgan fingerprint density at radius 3 is 2.67 bits per heavy atom. The standard InChI is InChI=1S/C15H24N6/c1-16-15(18-8-11-21-9-3-4-10-21)17-7-5-6-14-12-19-20(2)13-14/h3-4,9-10,12-13H,5-8,11H2,1-2H3,(H2,16,17,18). The van der Waals surface area contributed by atoms with E-state index in [1.165, 1.54) is 5.56 Å². The minimum atomic E-state index is 0.855. The molecule has 2 aromatic heterocycles. The molecule has 6 nitrogen and oxygen atoms in total. The predicted octanol–water partition coefficient (Wildman–Crippen LogP) is 1.02. The fourth-order valence-corrected chi connectivity index (χ4v) is 2.14. The van der Waals surface area contributed by atoms with E-state index >= 15 is 0 Å². The van der Waals surface area contributed by atoms with Crippen LogP contribution in [-0.4, -0.2) is 40.4 Å². The van der Waals surface area contributed by atoms with Crippen molar-refractivity contribution in [1.82, 2.24) is 25.0 Å². The summed E-state index contributed by atoms with van der Waals surface area (Å²) in [5, 5.41) is 10.8. The summed E-state index contributed by atoms with van der Waals surface area (Å²) >= 11 is 0. The van der Waals surface area contributed by atoms with E-state index in [9.17, 15) is 0 Å². The number of nitrogens with one attached hydrogen (secondary N) is 2. The smallest absolute Gasteiger partial charge is 0.191 e. The molecule has 0 spiro atoms. The van der Waals surface area contributed by atoms with Gasteiger partial charge in [0.1, 0.15) is 0 Å². The number of hydrogen-bond acceptors (Lipinski definition) is 2. The van der Waals surface area contributed by atoms with Gasteiger partial charge in [0.15, 0.2) is 5.96 Å². The first-order valence-corrected chi connectivity index (χ1v) is 7.31. The van der Waals surface area contributed by atoms with Crippen LogP contribution >= 0.6 is 0 Å². The van der Waals surface area contributed by atoms with E-state index in [-0.39, 0.29) is 0 Å². The first kappa shape index (κ1) is 15.2. The highest BCUT2D eigenvalue weighted by atomic mass is 15.2. The van der Waals surface area contributed by atoms with Crippen molar-refractivity contribution >= 4 is 5.96 Å².